The Morgan fingerprint density at radius 3 is 2.43 bits per heavy atom. The Labute approximate surface area is 213 Å². The second kappa shape index (κ2) is 10.8. The molecule has 13 heteroatoms. The number of para-hydroxylation sites is 1. The molecule has 2 aromatic heterocycles. The van der Waals surface area contributed by atoms with Crippen molar-refractivity contribution in [3.63, 3.8) is 0 Å². The predicted octanol–water partition coefficient (Wildman–Crippen LogP) is 5.88. The number of nitrogens with one attached hydrogen (secondary N) is 1. The van der Waals surface area contributed by atoms with Gasteiger partial charge in [-0.25, -0.2) is 4.39 Å². The highest BCUT2D eigenvalue weighted by molar-refractivity contribution is 8.00. The van der Waals surface area contributed by atoms with Crippen molar-refractivity contribution in [2.45, 2.75) is 12.6 Å². The van der Waals surface area contributed by atoms with Crippen LogP contribution < -0.4 is 14.2 Å². The van der Waals surface area contributed by atoms with Crippen molar-refractivity contribution >= 4 is 17.9 Å². The van der Waals surface area contributed by atoms with Crippen LogP contribution in [0.25, 0.3) is 17.3 Å². The Kier molecular flexibility index (Phi) is 7.58. The summed E-state index contributed by atoms with van der Waals surface area (Å²) in [4.78, 5) is 0. The fraction of sp³-hybridized carbons (Fsp3) is 0.208. The van der Waals surface area contributed by atoms with Crippen molar-refractivity contribution in [3.05, 3.63) is 71.2 Å². The first-order valence-corrected chi connectivity index (χ1v) is 11.7. The number of hydrogen-bond donors (Lipinski definition) is 1. The fourth-order valence-corrected chi connectivity index (χ4v) is 4.22. The van der Waals surface area contributed by atoms with Gasteiger partial charge in [0.05, 0.1) is 25.9 Å². The topological polar surface area (TPSA) is 98.1 Å². The van der Waals surface area contributed by atoms with Crippen LogP contribution in [0.1, 0.15) is 16.9 Å². The van der Waals surface area contributed by atoms with E-state index in [9.17, 15) is 22.8 Å². The average Bonchev–Trinajstić information content (AvgIpc) is 3.54. The lowest BCUT2D eigenvalue weighted by Gasteiger charge is -2.17. The number of aromatic nitrogens is 3. The number of halogens is 4. The standard InChI is InChI=1S/C24H19F4N5O3S/c1-34-17-4-3-5-18(35-2)21(17)33-22(19-8-9-20(36-19)24(26,27)28)30-31-23(33)32-37-11-10-14-6-7-16(25)12-15(14)13-29/h3-9,12H,10-11H2,1-2H3,(H,31,32). The highest BCUT2D eigenvalue weighted by Crippen LogP contribution is 2.39. The first kappa shape index (κ1) is 25.9. The minimum atomic E-state index is -4.68. The number of anilines is 1. The molecule has 192 valence electrons. The largest absolute Gasteiger partial charge is 0.494 e. The maximum absolute atomic E-state index is 13.4. The van der Waals surface area contributed by atoms with E-state index in [0.717, 1.165) is 12.1 Å². The molecule has 4 aromatic rings. The molecule has 2 heterocycles. The van der Waals surface area contributed by atoms with Crippen LogP contribution in [0.4, 0.5) is 23.5 Å². The molecule has 0 fully saturated rings. The minimum Gasteiger partial charge on any atom is -0.494 e. The molecule has 8 nitrogen and oxygen atoms in total. The molecule has 4 rings (SSSR count). The lowest BCUT2D eigenvalue weighted by atomic mass is 10.1. The summed E-state index contributed by atoms with van der Waals surface area (Å²) in [5.41, 5.74) is 1.25. The van der Waals surface area contributed by atoms with E-state index in [1.807, 2.05) is 6.07 Å². The highest BCUT2D eigenvalue weighted by atomic mass is 32.2. The van der Waals surface area contributed by atoms with E-state index >= 15 is 0 Å². The van der Waals surface area contributed by atoms with E-state index in [2.05, 4.69) is 14.9 Å². The summed E-state index contributed by atoms with van der Waals surface area (Å²) in [6, 6.07) is 12.9. The van der Waals surface area contributed by atoms with Crippen LogP contribution in [-0.4, -0.2) is 34.7 Å². The van der Waals surface area contributed by atoms with Crippen molar-refractivity contribution in [3.8, 4) is 34.8 Å². The van der Waals surface area contributed by atoms with Gasteiger partial charge in [0.1, 0.15) is 23.0 Å². The number of nitriles is 1. The molecule has 0 atom stereocenters. The van der Waals surface area contributed by atoms with Gasteiger partial charge in [0, 0.05) is 5.75 Å². The van der Waals surface area contributed by atoms with E-state index in [1.54, 1.807) is 24.3 Å². The first-order valence-electron chi connectivity index (χ1n) is 10.7. The summed E-state index contributed by atoms with van der Waals surface area (Å²) in [7, 11) is 2.88. The van der Waals surface area contributed by atoms with Crippen molar-refractivity contribution in [2.75, 3.05) is 24.7 Å². The summed E-state index contributed by atoms with van der Waals surface area (Å²) in [5, 5.41) is 17.4. The smallest absolute Gasteiger partial charge is 0.449 e. The number of furan rings is 1. The molecule has 0 saturated carbocycles. The van der Waals surface area contributed by atoms with E-state index in [4.69, 9.17) is 13.9 Å². The molecule has 2 aromatic carbocycles. The summed E-state index contributed by atoms with van der Waals surface area (Å²) in [6.45, 7) is 0. The summed E-state index contributed by atoms with van der Waals surface area (Å²) >= 11 is 1.21. The van der Waals surface area contributed by atoms with E-state index in [0.29, 0.717) is 34.9 Å². The monoisotopic (exact) mass is 533 g/mol. The van der Waals surface area contributed by atoms with E-state index in [1.165, 1.54) is 42.9 Å². The van der Waals surface area contributed by atoms with Crippen LogP contribution in [0.5, 0.6) is 11.5 Å². The maximum Gasteiger partial charge on any atom is 0.449 e. The zero-order valence-corrected chi connectivity index (χ0v) is 20.3. The van der Waals surface area contributed by atoms with Gasteiger partial charge in [-0.1, -0.05) is 12.1 Å². The van der Waals surface area contributed by atoms with Gasteiger partial charge in [0.2, 0.25) is 17.5 Å². The Hall–Kier alpha value is -4.18. The molecule has 0 amide bonds. The van der Waals surface area contributed by atoms with Crippen LogP contribution in [0.3, 0.4) is 0 Å². The highest BCUT2D eigenvalue weighted by Gasteiger charge is 2.36. The number of aryl methyl sites for hydroxylation is 1. The van der Waals surface area contributed by atoms with E-state index < -0.39 is 17.8 Å². The lowest BCUT2D eigenvalue weighted by molar-refractivity contribution is -0.152. The number of alkyl halides is 3. The fourth-order valence-electron chi connectivity index (χ4n) is 3.53. The third-order valence-electron chi connectivity index (χ3n) is 5.22. The Balaban J connectivity index is 1.68. The van der Waals surface area contributed by atoms with Crippen molar-refractivity contribution in [1.82, 2.24) is 14.8 Å². The van der Waals surface area contributed by atoms with Crippen molar-refractivity contribution < 1.29 is 31.5 Å². The van der Waals surface area contributed by atoms with Gasteiger partial charge >= 0.3 is 6.18 Å². The molecule has 0 aliphatic heterocycles. The molecular weight excluding hydrogens is 514 g/mol. The quantitative estimate of drug-likeness (QED) is 0.162. The molecule has 1 N–H and O–H groups in total. The van der Waals surface area contributed by atoms with Crippen LogP contribution >= 0.6 is 11.9 Å². The van der Waals surface area contributed by atoms with Crippen LogP contribution in [0.15, 0.2) is 52.9 Å². The van der Waals surface area contributed by atoms with Gasteiger partial charge < -0.3 is 13.9 Å². The molecule has 0 aliphatic carbocycles. The molecule has 0 unspecified atom stereocenters. The summed E-state index contributed by atoms with van der Waals surface area (Å²) in [6.07, 6.45) is -4.24. The molecule has 37 heavy (non-hydrogen) atoms. The van der Waals surface area contributed by atoms with Gasteiger partial charge in [-0.15, -0.1) is 10.2 Å². The summed E-state index contributed by atoms with van der Waals surface area (Å²) < 4.78 is 73.4. The zero-order chi connectivity index (χ0) is 26.6. The van der Waals surface area contributed by atoms with Crippen molar-refractivity contribution in [2.24, 2.45) is 0 Å². The summed E-state index contributed by atoms with van der Waals surface area (Å²) in [5.74, 6) is -0.564. The van der Waals surface area contributed by atoms with Gasteiger partial charge in [-0.05, 0) is 60.3 Å². The third kappa shape index (κ3) is 5.49. The maximum atomic E-state index is 13.4. The predicted molar refractivity (Wildman–Crippen MR) is 128 cm³/mol. The van der Waals surface area contributed by atoms with Crippen LogP contribution in [0.2, 0.25) is 0 Å². The van der Waals surface area contributed by atoms with Gasteiger partial charge in [-0.2, -0.15) is 18.4 Å². The van der Waals surface area contributed by atoms with Gasteiger partial charge in [0.15, 0.2) is 5.76 Å². The van der Waals surface area contributed by atoms with Crippen LogP contribution in [0, 0.1) is 17.1 Å². The number of rotatable bonds is 9. The molecule has 0 spiro atoms. The second-order valence-corrected chi connectivity index (χ2v) is 8.37. The number of nitrogens with zero attached hydrogens (tertiary/aromatic N) is 4. The zero-order valence-electron chi connectivity index (χ0n) is 19.5. The Morgan fingerprint density at radius 2 is 1.81 bits per heavy atom. The SMILES string of the molecule is COc1cccc(OC)c1-n1c(NSCCc2ccc(F)cc2C#N)nnc1-c1ccc(C(F)(F)F)o1. The molecule has 0 bridgehead atoms. The van der Waals surface area contributed by atoms with Gasteiger partial charge in [0.25, 0.3) is 0 Å². The normalized spacial score (nSPS) is 11.3. The average molecular weight is 534 g/mol. The molecular formula is C24H19F4N5O3S. The number of hydrogen-bond acceptors (Lipinski definition) is 8. The lowest BCUT2D eigenvalue weighted by Crippen LogP contribution is -2.07. The number of ether oxygens (including phenoxy) is 2. The van der Waals surface area contributed by atoms with E-state index in [-0.39, 0.29) is 23.1 Å². The van der Waals surface area contributed by atoms with Crippen molar-refractivity contribution in [1.29, 1.82) is 5.26 Å². The molecule has 0 saturated heterocycles. The first-order chi connectivity index (χ1) is 17.8. The van der Waals surface area contributed by atoms with Gasteiger partial charge in [-0.3, -0.25) is 9.29 Å². The second-order valence-electron chi connectivity index (χ2n) is 7.47. The number of benzene rings is 2. The minimum absolute atomic E-state index is 0.0216. The Bertz CT molecular complexity index is 1420. The van der Waals surface area contributed by atoms with Crippen LogP contribution in [-0.2, 0) is 12.6 Å². The molecule has 0 radical (unpaired) electrons. The molecule has 0 aliphatic rings. The Morgan fingerprint density at radius 1 is 1.08 bits per heavy atom. The number of methoxy groups -OCH3 is 2. The third-order valence-corrected chi connectivity index (χ3v) is 5.96.